The molecule has 0 saturated carbocycles. The van der Waals surface area contributed by atoms with Crippen LogP contribution in [0.5, 0.6) is 0 Å². The van der Waals surface area contributed by atoms with Crippen LogP contribution < -0.4 is 5.73 Å². The van der Waals surface area contributed by atoms with Crippen molar-refractivity contribution in [2.45, 2.75) is 12.2 Å². The molecular formula is C13H12N2OS. The number of hydrogen-bond donors (Lipinski definition) is 1. The Kier molecular flexibility index (Phi) is 2.52. The van der Waals surface area contributed by atoms with Crippen molar-refractivity contribution in [1.29, 1.82) is 0 Å². The van der Waals surface area contributed by atoms with Crippen molar-refractivity contribution in [3.63, 3.8) is 0 Å². The minimum Gasteiger partial charge on any atom is -0.366 e. The van der Waals surface area contributed by atoms with Gasteiger partial charge in [0.1, 0.15) is 0 Å². The zero-order chi connectivity index (χ0) is 11.8. The number of aryl methyl sites for hydroxylation is 1. The lowest BCUT2D eigenvalue weighted by molar-refractivity contribution is 0.100. The molecule has 0 saturated heterocycles. The van der Waals surface area contributed by atoms with Crippen LogP contribution in [-0.4, -0.2) is 16.6 Å². The van der Waals surface area contributed by atoms with Gasteiger partial charge in [0.05, 0.1) is 5.52 Å². The van der Waals surface area contributed by atoms with E-state index in [-0.39, 0.29) is 5.91 Å². The van der Waals surface area contributed by atoms with E-state index in [9.17, 15) is 4.79 Å². The number of thioether (sulfide) groups is 1. The third-order valence-electron chi connectivity index (χ3n) is 3.03. The maximum absolute atomic E-state index is 11.4. The SMILES string of the molecule is NC(=O)c1cccc2nc3c(cc12)CSCC3. The predicted molar refractivity (Wildman–Crippen MR) is 70.1 cm³/mol. The third-order valence-corrected chi connectivity index (χ3v) is 4.04. The first kappa shape index (κ1) is 10.6. The van der Waals surface area contributed by atoms with Gasteiger partial charge in [0.25, 0.3) is 0 Å². The number of amides is 1. The molecule has 0 fully saturated rings. The second-order valence-corrected chi connectivity index (χ2v) is 5.24. The first-order valence-electron chi connectivity index (χ1n) is 5.55. The number of carbonyl (C=O) groups is 1. The van der Waals surface area contributed by atoms with Gasteiger partial charge in [-0.1, -0.05) is 6.07 Å². The van der Waals surface area contributed by atoms with E-state index < -0.39 is 0 Å². The van der Waals surface area contributed by atoms with Gasteiger partial charge in [-0.3, -0.25) is 9.78 Å². The van der Waals surface area contributed by atoms with Crippen LogP contribution in [0.3, 0.4) is 0 Å². The Bertz CT molecular complexity index is 610. The Balaban J connectivity index is 2.30. The number of aromatic nitrogens is 1. The monoisotopic (exact) mass is 244 g/mol. The Morgan fingerprint density at radius 3 is 3.12 bits per heavy atom. The number of nitrogens with two attached hydrogens (primary N) is 1. The van der Waals surface area contributed by atoms with E-state index >= 15 is 0 Å². The molecule has 0 unspecified atom stereocenters. The molecule has 1 aromatic heterocycles. The maximum Gasteiger partial charge on any atom is 0.249 e. The molecule has 2 N–H and O–H groups in total. The summed E-state index contributed by atoms with van der Waals surface area (Å²) in [6.07, 6.45) is 1.01. The smallest absolute Gasteiger partial charge is 0.249 e. The molecule has 1 amide bonds. The molecule has 3 nitrogen and oxygen atoms in total. The van der Waals surface area contributed by atoms with E-state index in [1.165, 1.54) is 5.56 Å². The van der Waals surface area contributed by atoms with E-state index in [0.29, 0.717) is 5.56 Å². The molecule has 0 aliphatic carbocycles. The molecule has 4 heteroatoms. The second kappa shape index (κ2) is 4.04. The van der Waals surface area contributed by atoms with Crippen LogP contribution in [0.2, 0.25) is 0 Å². The molecule has 86 valence electrons. The van der Waals surface area contributed by atoms with Crippen LogP contribution >= 0.6 is 11.8 Å². The molecule has 0 spiro atoms. The fourth-order valence-corrected chi connectivity index (χ4v) is 3.14. The lowest BCUT2D eigenvalue weighted by atomic mass is 10.0. The number of pyridine rings is 1. The molecule has 0 bridgehead atoms. The molecular weight excluding hydrogens is 232 g/mol. The van der Waals surface area contributed by atoms with Crippen LogP contribution in [0.15, 0.2) is 24.3 Å². The first-order chi connectivity index (χ1) is 8.25. The molecule has 1 aliphatic rings. The second-order valence-electron chi connectivity index (χ2n) is 4.13. The fourth-order valence-electron chi connectivity index (χ4n) is 2.18. The highest BCUT2D eigenvalue weighted by Crippen LogP contribution is 2.27. The summed E-state index contributed by atoms with van der Waals surface area (Å²) >= 11 is 1.90. The molecule has 3 rings (SSSR count). The molecule has 0 radical (unpaired) electrons. The van der Waals surface area contributed by atoms with E-state index in [1.807, 2.05) is 23.9 Å². The number of fused-ring (bicyclic) bond motifs is 2. The van der Waals surface area contributed by atoms with E-state index in [4.69, 9.17) is 5.73 Å². The molecule has 0 atom stereocenters. The molecule has 2 heterocycles. The minimum absolute atomic E-state index is 0.388. The van der Waals surface area contributed by atoms with Crippen LogP contribution in [0.25, 0.3) is 10.9 Å². The highest BCUT2D eigenvalue weighted by atomic mass is 32.2. The van der Waals surface area contributed by atoms with Crippen molar-refractivity contribution in [2.75, 3.05) is 5.75 Å². The van der Waals surface area contributed by atoms with Gasteiger partial charge in [0.15, 0.2) is 0 Å². The number of rotatable bonds is 1. The largest absolute Gasteiger partial charge is 0.366 e. The van der Waals surface area contributed by atoms with Gasteiger partial charge in [-0.2, -0.15) is 11.8 Å². The van der Waals surface area contributed by atoms with Crippen molar-refractivity contribution >= 4 is 28.6 Å². The van der Waals surface area contributed by atoms with Crippen LogP contribution in [0.4, 0.5) is 0 Å². The number of primary amides is 1. The molecule has 17 heavy (non-hydrogen) atoms. The van der Waals surface area contributed by atoms with Crippen molar-refractivity contribution in [1.82, 2.24) is 4.98 Å². The number of nitrogens with zero attached hydrogens (tertiary/aromatic N) is 1. The fraction of sp³-hybridized carbons (Fsp3) is 0.231. The van der Waals surface area contributed by atoms with Crippen molar-refractivity contribution in [3.8, 4) is 0 Å². The lowest BCUT2D eigenvalue weighted by Gasteiger charge is -2.15. The zero-order valence-corrected chi connectivity index (χ0v) is 10.1. The van der Waals surface area contributed by atoms with Gasteiger partial charge in [-0.15, -0.1) is 0 Å². The van der Waals surface area contributed by atoms with Gasteiger partial charge >= 0.3 is 0 Å². The Morgan fingerprint density at radius 1 is 1.41 bits per heavy atom. The predicted octanol–water partition coefficient (Wildman–Crippen LogP) is 2.12. The normalized spacial score (nSPS) is 14.6. The van der Waals surface area contributed by atoms with Gasteiger partial charge in [-0.05, 0) is 35.9 Å². The Morgan fingerprint density at radius 2 is 2.29 bits per heavy atom. The highest BCUT2D eigenvalue weighted by Gasteiger charge is 2.14. The Labute approximate surface area is 103 Å². The number of hydrogen-bond acceptors (Lipinski definition) is 3. The molecule has 1 aromatic carbocycles. The summed E-state index contributed by atoms with van der Waals surface area (Å²) in [6, 6.07) is 7.60. The Hall–Kier alpha value is -1.55. The minimum atomic E-state index is -0.388. The summed E-state index contributed by atoms with van der Waals surface area (Å²) in [5.41, 5.74) is 9.22. The average molecular weight is 244 g/mol. The third kappa shape index (κ3) is 1.78. The zero-order valence-electron chi connectivity index (χ0n) is 9.27. The highest BCUT2D eigenvalue weighted by molar-refractivity contribution is 7.98. The van der Waals surface area contributed by atoms with Crippen LogP contribution in [-0.2, 0) is 12.2 Å². The quantitative estimate of drug-likeness (QED) is 0.836. The summed E-state index contributed by atoms with van der Waals surface area (Å²) in [5, 5.41) is 0.876. The molecule has 1 aliphatic heterocycles. The van der Waals surface area contributed by atoms with Crippen molar-refractivity contribution in [2.24, 2.45) is 5.73 Å². The topological polar surface area (TPSA) is 56.0 Å². The van der Waals surface area contributed by atoms with Gasteiger partial charge in [0, 0.05) is 22.4 Å². The number of benzene rings is 1. The van der Waals surface area contributed by atoms with E-state index in [2.05, 4.69) is 11.1 Å². The summed E-state index contributed by atoms with van der Waals surface area (Å²) in [4.78, 5) is 16.0. The molecule has 2 aromatic rings. The van der Waals surface area contributed by atoms with E-state index in [1.54, 1.807) is 6.07 Å². The van der Waals surface area contributed by atoms with Gasteiger partial charge in [-0.25, -0.2) is 0 Å². The lowest BCUT2D eigenvalue weighted by Crippen LogP contribution is -2.12. The average Bonchev–Trinajstić information content (AvgIpc) is 2.35. The van der Waals surface area contributed by atoms with Crippen molar-refractivity contribution < 1.29 is 4.79 Å². The first-order valence-corrected chi connectivity index (χ1v) is 6.70. The summed E-state index contributed by atoms with van der Waals surface area (Å²) in [5.74, 6) is 1.72. The van der Waals surface area contributed by atoms with Crippen LogP contribution in [0, 0.1) is 0 Å². The van der Waals surface area contributed by atoms with E-state index in [0.717, 1.165) is 34.5 Å². The maximum atomic E-state index is 11.4. The van der Waals surface area contributed by atoms with Crippen molar-refractivity contribution in [3.05, 3.63) is 41.1 Å². The summed E-state index contributed by atoms with van der Waals surface area (Å²) in [6.45, 7) is 0. The van der Waals surface area contributed by atoms with Gasteiger partial charge < -0.3 is 5.73 Å². The van der Waals surface area contributed by atoms with Gasteiger partial charge in [0.2, 0.25) is 5.91 Å². The standard InChI is InChI=1S/C13H12N2OS/c14-13(16)9-2-1-3-12-10(9)6-8-7-17-5-4-11(8)15-12/h1-3,6H,4-5,7H2,(H2,14,16). The summed E-state index contributed by atoms with van der Waals surface area (Å²) in [7, 11) is 0. The van der Waals surface area contributed by atoms with Crippen LogP contribution in [0.1, 0.15) is 21.6 Å². The number of carbonyl (C=O) groups excluding carboxylic acids is 1. The summed E-state index contributed by atoms with van der Waals surface area (Å²) < 4.78 is 0.